The van der Waals surface area contributed by atoms with Crippen LogP contribution in [0, 0.1) is 0 Å². The summed E-state index contributed by atoms with van der Waals surface area (Å²) in [5.41, 5.74) is 4.78. The number of ketones is 1. The predicted octanol–water partition coefficient (Wildman–Crippen LogP) is 3.83. The number of aromatic nitrogens is 2. The van der Waals surface area contributed by atoms with E-state index >= 15 is 0 Å². The SMILES string of the molecule is COc1ccc(COCC(O)Cn2nc3c4c(cccc42)C(=O)c2ccccc2-3)cc1. The highest BCUT2D eigenvalue weighted by molar-refractivity contribution is 6.25. The van der Waals surface area contributed by atoms with E-state index in [1.165, 1.54) is 0 Å². The van der Waals surface area contributed by atoms with Gasteiger partial charge in [0.15, 0.2) is 5.78 Å². The minimum Gasteiger partial charge on any atom is -0.497 e. The van der Waals surface area contributed by atoms with Gasteiger partial charge in [0.05, 0.1) is 38.5 Å². The zero-order valence-electron chi connectivity index (χ0n) is 17.1. The number of ether oxygens (including phenoxy) is 2. The second-order valence-corrected chi connectivity index (χ2v) is 7.62. The summed E-state index contributed by atoms with van der Waals surface area (Å²) in [6, 6.07) is 20.8. The minimum absolute atomic E-state index is 0.0108. The van der Waals surface area contributed by atoms with Gasteiger partial charge in [-0.1, -0.05) is 48.5 Å². The standard InChI is InChI=1S/C25H22N2O4/c1-30-18-11-9-16(10-12-18)14-31-15-17(28)13-27-22-8-4-7-21-23(22)24(26-27)19-5-2-3-6-20(19)25(21)29/h2-12,17,28H,13-15H2,1H3. The number of fused-ring (bicyclic) bond motifs is 2. The Balaban J connectivity index is 1.34. The number of benzene rings is 3. The number of aliphatic hydroxyl groups is 1. The average molecular weight is 414 g/mol. The lowest BCUT2D eigenvalue weighted by Crippen LogP contribution is -2.22. The van der Waals surface area contributed by atoms with Gasteiger partial charge >= 0.3 is 0 Å². The van der Waals surface area contributed by atoms with Crippen LogP contribution in [0.25, 0.3) is 22.2 Å². The first-order chi connectivity index (χ1) is 15.2. The quantitative estimate of drug-likeness (QED) is 0.438. The van der Waals surface area contributed by atoms with E-state index < -0.39 is 6.10 Å². The molecule has 0 fully saturated rings. The van der Waals surface area contributed by atoms with Gasteiger partial charge in [0.2, 0.25) is 0 Å². The largest absolute Gasteiger partial charge is 0.497 e. The highest BCUT2D eigenvalue weighted by Crippen LogP contribution is 2.38. The summed E-state index contributed by atoms with van der Waals surface area (Å²) in [6.07, 6.45) is -0.732. The van der Waals surface area contributed by atoms with Gasteiger partial charge in [-0.15, -0.1) is 0 Å². The molecule has 4 aromatic rings. The molecule has 156 valence electrons. The molecule has 1 atom stereocenters. The molecule has 1 unspecified atom stereocenters. The van der Waals surface area contributed by atoms with Crippen molar-refractivity contribution in [3.05, 3.63) is 83.4 Å². The van der Waals surface area contributed by atoms with Crippen molar-refractivity contribution in [1.82, 2.24) is 9.78 Å². The normalized spacial score (nSPS) is 13.3. The van der Waals surface area contributed by atoms with E-state index in [1.54, 1.807) is 11.8 Å². The van der Waals surface area contributed by atoms with Crippen LogP contribution in [0.2, 0.25) is 0 Å². The first kappa shape index (κ1) is 19.5. The Morgan fingerprint density at radius 3 is 2.48 bits per heavy atom. The minimum atomic E-state index is -0.732. The summed E-state index contributed by atoms with van der Waals surface area (Å²) >= 11 is 0. The second-order valence-electron chi connectivity index (χ2n) is 7.62. The van der Waals surface area contributed by atoms with E-state index in [2.05, 4.69) is 0 Å². The lowest BCUT2D eigenvalue weighted by molar-refractivity contribution is 0.0193. The molecule has 1 N–H and O–H groups in total. The third-order valence-corrected chi connectivity index (χ3v) is 5.57. The topological polar surface area (TPSA) is 73.6 Å². The number of nitrogens with zero attached hydrogens (tertiary/aromatic N) is 2. The Morgan fingerprint density at radius 1 is 0.968 bits per heavy atom. The molecule has 1 aliphatic carbocycles. The lowest BCUT2D eigenvalue weighted by atomic mass is 9.87. The van der Waals surface area contributed by atoms with E-state index in [4.69, 9.17) is 14.6 Å². The molecule has 1 aromatic heterocycles. The van der Waals surface area contributed by atoms with Gasteiger partial charge in [0.1, 0.15) is 11.4 Å². The maximum atomic E-state index is 12.9. The van der Waals surface area contributed by atoms with Gasteiger partial charge < -0.3 is 14.6 Å². The van der Waals surface area contributed by atoms with Gasteiger partial charge in [-0.05, 0) is 23.8 Å². The van der Waals surface area contributed by atoms with Gasteiger partial charge in [0.25, 0.3) is 0 Å². The van der Waals surface area contributed by atoms with Crippen molar-refractivity contribution in [2.24, 2.45) is 0 Å². The Labute approximate surface area is 179 Å². The molecule has 1 aliphatic rings. The summed E-state index contributed by atoms with van der Waals surface area (Å²) in [5, 5.41) is 16.2. The van der Waals surface area contributed by atoms with Crippen molar-refractivity contribution in [3.8, 4) is 17.0 Å². The fourth-order valence-corrected chi connectivity index (χ4v) is 4.07. The van der Waals surface area contributed by atoms with E-state index in [-0.39, 0.29) is 18.9 Å². The lowest BCUT2D eigenvalue weighted by Gasteiger charge is -2.14. The third-order valence-electron chi connectivity index (χ3n) is 5.57. The number of hydrogen-bond donors (Lipinski definition) is 1. The monoisotopic (exact) mass is 414 g/mol. The zero-order valence-corrected chi connectivity index (χ0v) is 17.1. The van der Waals surface area contributed by atoms with Crippen LogP contribution in [-0.4, -0.2) is 40.5 Å². The van der Waals surface area contributed by atoms with E-state index in [9.17, 15) is 9.90 Å². The van der Waals surface area contributed by atoms with Crippen LogP contribution in [0.4, 0.5) is 0 Å². The van der Waals surface area contributed by atoms with Crippen molar-refractivity contribution in [2.45, 2.75) is 19.3 Å². The van der Waals surface area contributed by atoms with Crippen LogP contribution in [0.1, 0.15) is 21.5 Å². The summed E-state index contributed by atoms with van der Waals surface area (Å²) in [6.45, 7) is 0.856. The summed E-state index contributed by atoms with van der Waals surface area (Å²) in [4.78, 5) is 12.9. The molecule has 0 amide bonds. The molecule has 31 heavy (non-hydrogen) atoms. The zero-order chi connectivity index (χ0) is 21.4. The molecule has 0 spiro atoms. The fourth-order valence-electron chi connectivity index (χ4n) is 4.07. The third kappa shape index (κ3) is 3.50. The number of hydrogen-bond acceptors (Lipinski definition) is 5. The summed E-state index contributed by atoms with van der Waals surface area (Å²) in [5.74, 6) is 0.804. The van der Waals surface area contributed by atoms with E-state index in [0.717, 1.165) is 33.5 Å². The van der Waals surface area contributed by atoms with Gasteiger partial charge in [0, 0.05) is 22.1 Å². The molecular formula is C25H22N2O4. The smallest absolute Gasteiger partial charge is 0.194 e. The van der Waals surface area contributed by atoms with Crippen LogP contribution in [-0.2, 0) is 17.9 Å². The van der Waals surface area contributed by atoms with Crippen LogP contribution in [0.15, 0.2) is 66.7 Å². The van der Waals surface area contributed by atoms with Crippen molar-refractivity contribution < 1.29 is 19.4 Å². The van der Waals surface area contributed by atoms with E-state index in [1.807, 2.05) is 66.7 Å². The van der Waals surface area contributed by atoms with Crippen molar-refractivity contribution in [2.75, 3.05) is 13.7 Å². The van der Waals surface area contributed by atoms with E-state index in [0.29, 0.717) is 17.7 Å². The van der Waals surface area contributed by atoms with Crippen molar-refractivity contribution in [1.29, 1.82) is 0 Å². The molecule has 6 heteroatoms. The molecular weight excluding hydrogens is 392 g/mol. The first-order valence-corrected chi connectivity index (χ1v) is 10.2. The van der Waals surface area contributed by atoms with Crippen LogP contribution < -0.4 is 4.74 Å². The van der Waals surface area contributed by atoms with Crippen molar-refractivity contribution >= 4 is 16.7 Å². The Bertz CT molecular complexity index is 1260. The molecule has 0 saturated heterocycles. The van der Waals surface area contributed by atoms with Gasteiger partial charge in [-0.3, -0.25) is 9.48 Å². The Morgan fingerprint density at radius 2 is 1.71 bits per heavy atom. The molecule has 0 bridgehead atoms. The highest BCUT2D eigenvalue weighted by Gasteiger charge is 2.28. The number of rotatable bonds is 7. The molecule has 0 radical (unpaired) electrons. The predicted molar refractivity (Wildman–Crippen MR) is 117 cm³/mol. The average Bonchev–Trinajstić information content (AvgIpc) is 3.17. The first-order valence-electron chi connectivity index (χ1n) is 10.2. The second kappa shape index (κ2) is 7.98. The highest BCUT2D eigenvalue weighted by atomic mass is 16.5. The molecule has 0 saturated carbocycles. The van der Waals surface area contributed by atoms with Crippen LogP contribution in [0.3, 0.4) is 0 Å². The molecule has 6 nitrogen and oxygen atoms in total. The molecule has 3 aromatic carbocycles. The number of carbonyl (C=O) groups is 1. The Kier molecular flexibility index (Phi) is 5.02. The number of methoxy groups -OCH3 is 1. The van der Waals surface area contributed by atoms with Gasteiger partial charge in [-0.25, -0.2) is 0 Å². The van der Waals surface area contributed by atoms with Crippen molar-refractivity contribution in [3.63, 3.8) is 0 Å². The van der Waals surface area contributed by atoms with Gasteiger partial charge in [-0.2, -0.15) is 5.10 Å². The molecule has 5 rings (SSSR count). The summed E-state index contributed by atoms with van der Waals surface area (Å²) < 4.78 is 12.6. The molecule has 0 aliphatic heterocycles. The maximum Gasteiger partial charge on any atom is 0.194 e. The summed E-state index contributed by atoms with van der Waals surface area (Å²) in [7, 11) is 1.63. The maximum absolute atomic E-state index is 12.9. The van der Waals surface area contributed by atoms with Crippen LogP contribution >= 0.6 is 0 Å². The number of aliphatic hydroxyl groups excluding tert-OH is 1. The van der Waals surface area contributed by atoms with Crippen LogP contribution in [0.5, 0.6) is 5.75 Å². The fraction of sp³-hybridized carbons (Fsp3) is 0.200. The Hall–Kier alpha value is -3.48. The molecule has 1 heterocycles. The number of carbonyl (C=O) groups excluding carboxylic acids is 1.